The van der Waals surface area contributed by atoms with E-state index in [9.17, 15) is 14.9 Å². The third-order valence-corrected chi connectivity index (χ3v) is 9.65. The van der Waals surface area contributed by atoms with Crippen molar-refractivity contribution in [2.75, 3.05) is 36.0 Å². The highest BCUT2D eigenvalue weighted by Crippen LogP contribution is 2.39. The summed E-state index contributed by atoms with van der Waals surface area (Å²) in [5.74, 6) is 0.761. The van der Waals surface area contributed by atoms with E-state index < -0.39 is 0 Å². The fourth-order valence-electron chi connectivity index (χ4n) is 6.09. The van der Waals surface area contributed by atoms with E-state index in [1.807, 2.05) is 24.0 Å². The number of pyridine rings is 1. The van der Waals surface area contributed by atoms with Crippen LogP contribution in [-0.4, -0.2) is 51.9 Å². The van der Waals surface area contributed by atoms with Crippen molar-refractivity contribution in [2.45, 2.75) is 71.4 Å². The second-order valence-electron chi connectivity index (χ2n) is 10.8. The number of amides is 1. The summed E-state index contributed by atoms with van der Waals surface area (Å²) in [6.07, 6.45) is 9.07. The van der Waals surface area contributed by atoms with E-state index in [4.69, 9.17) is 12.2 Å². The maximum atomic E-state index is 13.7. The van der Waals surface area contributed by atoms with Gasteiger partial charge in [0.15, 0.2) is 0 Å². The second kappa shape index (κ2) is 12.6. The third-order valence-electron chi connectivity index (χ3n) is 8.32. The Balaban J connectivity index is 1.56. The number of benzene rings is 1. The van der Waals surface area contributed by atoms with Gasteiger partial charge in [-0.15, -0.1) is 0 Å². The van der Waals surface area contributed by atoms with Gasteiger partial charge in [0, 0.05) is 50.0 Å². The Bertz CT molecular complexity index is 1400. The quantitative estimate of drug-likeness (QED) is 0.310. The van der Waals surface area contributed by atoms with Gasteiger partial charge in [-0.3, -0.25) is 19.1 Å². The number of carbonyl (C=O) groups is 1. The third kappa shape index (κ3) is 5.57. The van der Waals surface area contributed by atoms with E-state index in [-0.39, 0.29) is 23.1 Å². The van der Waals surface area contributed by atoms with Crippen molar-refractivity contribution in [1.82, 2.24) is 9.47 Å². The number of hydrogen-bond donors (Lipinski definition) is 0. The Kier molecular flexibility index (Phi) is 8.97. The molecule has 3 aliphatic rings. The van der Waals surface area contributed by atoms with Crippen LogP contribution in [0.25, 0.3) is 6.08 Å². The Morgan fingerprint density at radius 3 is 2.38 bits per heavy atom. The van der Waals surface area contributed by atoms with E-state index in [0.717, 1.165) is 76.1 Å². The molecule has 3 heterocycles. The van der Waals surface area contributed by atoms with Crippen LogP contribution in [0.2, 0.25) is 0 Å². The number of thiocarbonyl (C=S) groups is 1. The first-order valence-electron chi connectivity index (χ1n) is 14.4. The highest BCUT2D eigenvalue weighted by atomic mass is 32.2. The molecule has 210 valence electrons. The van der Waals surface area contributed by atoms with Crippen molar-refractivity contribution in [2.24, 2.45) is 0 Å². The number of nitrogens with zero attached hydrogens (tertiary/aromatic N) is 5. The van der Waals surface area contributed by atoms with Crippen LogP contribution in [0.4, 0.5) is 11.5 Å². The molecule has 0 bridgehead atoms. The number of aromatic nitrogens is 1. The molecule has 1 aromatic carbocycles. The number of nitriles is 1. The van der Waals surface area contributed by atoms with E-state index >= 15 is 0 Å². The Morgan fingerprint density at radius 1 is 1.05 bits per heavy atom. The lowest BCUT2D eigenvalue weighted by atomic mass is 9.94. The first-order valence-corrected chi connectivity index (χ1v) is 15.7. The lowest BCUT2D eigenvalue weighted by molar-refractivity contribution is -0.124. The predicted molar refractivity (Wildman–Crippen MR) is 168 cm³/mol. The van der Waals surface area contributed by atoms with Gasteiger partial charge in [-0.25, -0.2) is 0 Å². The average Bonchev–Trinajstić information content (AvgIpc) is 3.27. The summed E-state index contributed by atoms with van der Waals surface area (Å²) in [5, 5.41) is 10.00. The van der Waals surface area contributed by atoms with Gasteiger partial charge in [0.2, 0.25) is 0 Å². The zero-order valence-corrected chi connectivity index (χ0v) is 25.0. The second-order valence-corrected chi connectivity index (χ2v) is 12.5. The van der Waals surface area contributed by atoms with Crippen molar-refractivity contribution in [1.29, 1.82) is 5.26 Å². The smallest absolute Gasteiger partial charge is 0.270 e. The van der Waals surface area contributed by atoms with Gasteiger partial charge >= 0.3 is 0 Å². The average molecular weight is 576 g/mol. The first kappa shape index (κ1) is 28.4. The molecule has 0 N–H and O–H groups in total. The molecule has 2 aliphatic heterocycles. The SMILES string of the molecule is CCCCn1c(N2CCN(c3ccccc3)CC2)c(/C=C2/SC(=S)N(C3CCCCC3)C2=O)c(C)c(C#N)c1=O. The lowest BCUT2D eigenvalue weighted by Crippen LogP contribution is -2.48. The maximum absolute atomic E-state index is 13.7. The topological polar surface area (TPSA) is 72.6 Å². The van der Waals surface area contributed by atoms with Crippen LogP contribution in [0.3, 0.4) is 0 Å². The van der Waals surface area contributed by atoms with Gasteiger partial charge in [-0.2, -0.15) is 5.26 Å². The number of carbonyl (C=O) groups excluding carboxylic acids is 1. The minimum Gasteiger partial charge on any atom is -0.368 e. The number of hydrogen-bond acceptors (Lipinski definition) is 7. The molecule has 7 nitrogen and oxygen atoms in total. The largest absolute Gasteiger partial charge is 0.368 e. The zero-order chi connectivity index (χ0) is 28.2. The first-order chi connectivity index (χ1) is 19.4. The molecule has 0 spiro atoms. The normalized spacial score (nSPS) is 19.5. The number of piperazine rings is 1. The molecule has 1 saturated carbocycles. The van der Waals surface area contributed by atoms with Crippen LogP contribution in [0.1, 0.15) is 68.6 Å². The number of unbranched alkanes of at least 4 members (excludes halogenated alkanes) is 1. The molecule has 2 saturated heterocycles. The molecule has 1 aliphatic carbocycles. The van der Waals surface area contributed by atoms with E-state index in [1.54, 1.807) is 4.57 Å². The summed E-state index contributed by atoms with van der Waals surface area (Å²) < 4.78 is 2.39. The van der Waals surface area contributed by atoms with Crippen molar-refractivity contribution in [3.63, 3.8) is 0 Å². The summed E-state index contributed by atoms with van der Waals surface area (Å²) in [7, 11) is 0. The van der Waals surface area contributed by atoms with Gasteiger partial charge in [0.25, 0.3) is 11.5 Å². The van der Waals surface area contributed by atoms with Gasteiger partial charge in [-0.1, -0.05) is 74.8 Å². The minimum atomic E-state index is -0.249. The highest BCUT2D eigenvalue weighted by Gasteiger charge is 2.38. The number of rotatable bonds is 7. The van der Waals surface area contributed by atoms with E-state index in [2.05, 4.69) is 47.1 Å². The van der Waals surface area contributed by atoms with Crippen LogP contribution in [0.15, 0.2) is 40.0 Å². The Hall–Kier alpha value is -3.09. The van der Waals surface area contributed by atoms with Crippen LogP contribution >= 0.6 is 24.0 Å². The van der Waals surface area contributed by atoms with Gasteiger partial charge in [-0.05, 0) is 50.0 Å². The van der Waals surface area contributed by atoms with Gasteiger partial charge < -0.3 is 9.80 Å². The summed E-state index contributed by atoms with van der Waals surface area (Å²) in [5.41, 5.74) is 2.50. The molecule has 1 aromatic heterocycles. The molecule has 3 fully saturated rings. The number of para-hydroxylation sites is 1. The van der Waals surface area contributed by atoms with Crippen molar-refractivity contribution < 1.29 is 4.79 Å². The van der Waals surface area contributed by atoms with Crippen molar-refractivity contribution in [3.05, 3.63) is 62.3 Å². The molecule has 0 atom stereocenters. The van der Waals surface area contributed by atoms with Crippen LogP contribution in [0, 0.1) is 18.3 Å². The highest BCUT2D eigenvalue weighted by molar-refractivity contribution is 8.26. The fraction of sp³-hybridized carbons (Fsp3) is 0.484. The van der Waals surface area contributed by atoms with Gasteiger partial charge in [0.1, 0.15) is 21.8 Å². The zero-order valence-electron chi connectivity index (χ0n) is 23.4. The molecule has 40 heavy (non-hydrogen) atoms. The summed E-state index contributed by atoms with van der Waals surface area (Å²) in [4.78, 5) is 34.3. The standard InChI is InChI=1S/C31H37N5O2S2/c1-3-4-15-35-28(34-18-16-33(17-19-34)23-11-7-5-8-12-23)25(22(2)26(21-32)29(35)37)20-27-30(38)36(31(39)40-27)24-13-9-6-10-14-24/h5,7-8,11-12,20,24H,3-4,6,9-10,13-19H2,1-2H3/b27-20+. The molecule has 0 radical (unpaired) electrons. The molecule has 2 aromatic rings. The van der Waals surface area contributed by atoms with Crippen LogP contribution in [-0.2, 0) is 11.3 Å². The van der Waals surface area contributed by atoms with Crippen molar-refractivity contribution in [3.8, 4) is 6.07 Å². The maximum Gasteiger partial charge on any atom is 0.270 e. The molecule has 1 amide bonds. The molecule has 0 unspecified atom stereocenters. The summed E-state index contributed by atoms with van der Waals surface area (Å²) in [6.45, 7) is 7.55. The molecular formula is C31H37N5O2S2. The van der Waals surface area contributed by atoms with Gasteiger partial charge in [0.05, 0.1) is 4.91 Å². The molecule has 5 rings (SSSR count). The predicted octanol–water partition coefficient (Wildman–Crippen LogP) is 5.69. The Morgan fingerprint density at radius 2 is 1.73 bits per heavy atom. The molecule has 9 heteroatoms. The van der Waals surface area contributed by atoms with E-state index in [0.29, 0.717) is 21.3 Å². The number of anilines is 2. The van der Waals surface area contributed by atoms with E-state index in [1.165, 1.54) is 23.9 Å². The Labute approximate surface area is 246 Å². The summed E-state index contributed by atoms with van der Waals surface area (Å²) >= 11 is 7.04. The molecular weight excluding hydrogens is 539 g/mol. The number of thioether (sulfide) groups is 1. The minimum absolute atomic E-state index is 0.0500. The summed E-state index contributed by atoms with van der Waals surface area (Å²) in [6, 6.07) is 12.7. The van der Waals surface area contributed by atoms with Crippen LogP contribution < -0.4 is 15.4 Å². The fourth-order valence-corrected chi connectivity index (χ4v) is 7.47. The van der Waals surface area contributed by atoms with Crippen molar-refractivity contribution >= 4 is 51.8 Å². The van der Waals surface area contributed by atoms with Crippen LogP contribution in [0.5, 0.6) is 0 Å². The monoisotopic (exact) mass is 575 g/mol. The lowest BCUT2D eigenvalue weighted by Gasteiger charge is -2.39.